The van der Waals surface area contributed by atoms with E-state index in [2.05, 4.69) is 4.98 Å². The van der Waals surface area contributed by atoms with Crippen LogP contribution in [-0.2, 0) is 0 Å². The van der Waals surface area contributed by atoms with Gasteiger partial charge in [0.15, 0.2) is 0 Å². The second-order valence-electron chi connectivity index (χ2n) is 4.13. The van der Waals surface area contributed by atoms with E-state index in [4.69, 9.17) is 15.6 Å². The molecule has 20 heavy (non-hydrogen) atoms. The number of primary amides is 1. The Morgan fingerprint density at radius 3 is 2.60 bits per heavy atom. The Kier molecular flexibility index (Phi) is 3.65. The number of carboxylic acid groups (broad SMARTS) is 1. The molecule has 1 aromatic carbocycles. The molecular weight excluding hydrogens is 260 g/mol. The van der Waals surface area contributed by atoms with Crippen molar-refractivity contribution in [3.05, 3.63) is 53.3 Å². The van der Waals surface area contributed by atoms with Gasteiger partial charge in [0.25, 0.3) is 5.91 Å². The minimum Gasteiger partial charge on any atom is -0.478 e. The van der Waals surface area contributed by atoms with Crippen LogP contribution in [0.4, 0.5) is 0 Å². The van der Waals surface area contributed by atoms with Crippen LogP contribution in [0.1, 0.15) is 26.4 Å². The van der Waals surface area contributed by atoms with E-state index < -0.39 is 11.9 Å². The van der Waals surface area contributed by atoms with Gasteiger partial charge in [-0.25, -0.2) is 4.79 Å². The molecule has 0 aliphatic heterocycles. The Labute approximate surface area is 114 Å². The predicted molar refractivity (Wildman–Crippen MR) is 71.0 cm³/mol. The zero-order valence-electron chi connectivity index (χ0n) is 10.7. The number of nitrogens with two attached hydrogens (primary N) is 1. The summed E-state index contributed by atoms with van der Waals surface area (Å²) in [6.07, 6.45) is 1.41. The molecule has 2 aromatic rings. The fourth-order valence-electron chi connectivity index (χ4n) is 1.63. The molecule has 1 amide bonds. The van der Waals surface area contributed by atoms with Gasteiger partial charge >= 0.3 is 5.97 Å². The summed E-state index contributed by atoms with van der Waals surface area (Å²) in [5.41, 5.74) is 6.09. The highest BCUT2D eigenvalue weighted by atomic mass is 16.5. The summed E-state index contributed by atoms with van der Waals surface area (Å²) in [5, 5.41) is 8.89. The Morgan fingerprint density at radius 2 is 2.00 bits per heavy atom. The molecule has 3 N–H and O–H groups in total. The first-order chi connectivity index (χ1) is 9.47. The molecule has 0 aliphatic rings. The maximum atomic E-state index is 11.0. The molecule has 6 nitrogen and oxygen atoms in total. The molecule has 0 aliphatic carbocycles. The van der Waals surface area contributed by atoms with E-state index in [0.717, 1.165) is 0 Å². The van der Waals surface area contributed by atoms with Crippen molar-refractivity contribution in [2.45, 2.75) is 6.92 Å². The van der Waals surface area contributed by atoms with Gasteiger partial charge in [0, 0.05) is 12.3 Å². The van der Waals surface area contributed by atoms with Gasteiger partial charge in [0.05, 0.1) is 5.56 Å². The number of amides is 1. The summed E-state index contributed by atoms with van der Waals surface area (Å²) in [5.74, 6) is -0.746. The molecule has 1 heterocycles. The minimum atomic E-state index is -1.00. The van der Waals surface area contributed by atoms with Crippen LogP contribution >= 0.6 is 0 Å². The van der Waals surface area contributed by atoms with Gasteiger partial charge in [0.1, 0.15) is 17.2 Å². The topological polar surface area (TPSA) is 103 Å². The number of carbonyl (C=O) groups is 2. The molecule has 0 unspecified atom stereocenters. The monoisotopic (exact) mass is 272 g/mol. The van der Waals surface area contributed by atoms with Crippen LogP contribution in [0, 0.1) is 6.92 Å². The van der Waals surface area contributed by atoms with Crippen LogP contribution < -0.4 is 10.5 Å². The first-order valence-corrected chi connectivity index (χ1v) is 5.75. The first-order valence-electron chi connectivity index (χ1n) is 5.75. The molecule has 0 fully saturated rings. The van der Waals surface area contributed by atoms with Crippen LogP contribution in [0.25, 0.3) is 0 Å². The third-order valence-corrected chi connectivity index (χ3v) is 2.63. The van der Waals surface area contributed by atoms with Crippen molar-refractivity contribution in [1.29, 1.82) is 0 Å². The SMILES string of the molecule is Cc1cc(C(=O)O)ccc1Oc1ccnc(C(N)=O)c1. The van der Waals surface area contributed by atoms with Crippen molar-refractivity contribution in [2.24, 2.45) is 5.73 Å². The minimum absolute atomic E-state index is 0.0994. The number of carbonyl (C=O) groups excluding carboxylic acids is 1. The Morgan fingerprint density at radius 1 is 1.25 bits per heavy atom. The number of ether oxygens (including phenoxy) is 1. The number of hydrogen-bond acceptors (Lipinski definition) is 4. The summed E-state index contributed by atoms with van der Waals surface area (Å²) < 4.78 is 5.59. The number of aryl methyl sites for hydroxylation is 1. The van der Waals surface area contributed by atoms with Crippen LogP contribution in [0.3, 0.4) is 0 Å². The highest BCUT2D eigenvalue weighted by Crippen LogP contribution is 2.25. The lowest BCUT2D eigenvalue weighted by molar-refractivity contribution is 0.0696. The number of nitrogens with zero attached hydrogens (tertiary/aromatic N) is 1. The van der Waals surface area contributed by atoms with Crippen molar-refractivity contribution in [2.75, 3.05) is 0 Å². The lowest BCUT2D eigenvalue weighted by Crippen LogP contribution is -2.12. The Hall–Kier alpha value is -2.89. The number of rotatable bonds is 4. The molecule has 0 bridgehead atoms. The standard InChI is InChI=1S/C14H12N2O4/c1-8-6-9(14(18)19)2-3-12(8)20-10-4-5-16-11(7-10)13(15)17/h2-7H,1H3,(H2,15,17)(H,18,19). The molecular formula is C14H12N2O4. The van der Waals surface area contributed by atoms with Crippen molar-refractivity contribution in [3.8, 4) is 11.5 Å². The number of aromatic nitrogens is 1. The molecule has 2 rings (SSSR count). The number of pyridine rings is 1. The summed E-state index contributed by atoms with van der Waals surface area (Å²) >= 11 is 0. The van der Waals surface area contributed by atoms with Crippen LogP contribution in [-0.4, -0.2) is 22.0 Å². The largest absolute Gasteiger partial charge is 0.478 e. The van der Waals surface area contributed by atoms with Gasteiger partial charge in [-0.15, -0.1) is 0 Å². The molecule has 0 atom stereocenters. The molecule has 6 heteroatoms. The van der Waals surface area contributed by atoms with Gasteiger partial charge in [-0.1, -0.05) is 0 Å². The van der Waals surface area contributed by atoms with E-state index in [1.54, 1.807) is 19.1 Å². The molecule has 0 saturated heterocycles. The van der Waals surface area contributed by atoms with E-state index in [1.165, 1.54) is 24.4 Å². The maximum Gasteiger partial charge on any atom is 0.335 e. The van der Waals surface area contributed by atoms with Crippen molar-refractivity contribution >= 4 is 11.9 Å². The van der Waals surface area contributed by atoms with E-state index in [1.807, 2.05) is 0 Å². The average Bonchev–Trinajstić information content (AvgIpc) is 2.41. The number of hydrogen-bond donors (Lipinski definition) is 2. The molecule has 102 valence electrons. The zero-order valence-corrected chi connectivity index (χ0v) is 10.7. The normalized spacial score (nSPS) is 10.1. The zero-order chi connectivity index (χ0) is 14.7. The molecule has 1 aromatic heterocycles. The quantitative estimate of drug-likeness (QED) is 0.885. The second-order valence-corrected chi connectivity index (χ2v) is 4.13. The van der Waals surface area contributed by atoms with E-state index in [-0.39, 0.29) is 11.3 Å². The second kappa shape index (κ2) is 5.40. The molecule has 0 saturated carbocycles. The summed E-state index contributed by atoms with van der Waals surface area (Å²) in [7, 11) is 0. The van der Waals surface area contributed by atoms with Gasteiger partial charge in [-0.3, -0.25) is 9.78 Å². The van der Waals surface area contributed by atoms with E-state index >= 15 is 0 Å². The lowest BCUT2D eigenvalue weighted by atomic mass is 10.1. The molecule has 0 spiro atoms. The average molecular weight is 272 g/mol. The highest BCUT2D eigenvalue weighted by molar-refractivity contribution is 5.91. The van der Waals surface area contributed by atoms with Gasteiger partial charge in [-0.05, 0) is 36.8 Å². The van der Waals surface area contributed by atoms with Crippen LogP contribution in [0.15, 0.2) is 36.5 Å². The Bertz CT molecular complexity index is 683. The lowest BCUT2D eigenvalue weighted by Gasteiger charge is -2.09. The van der Waals surface area contributed by atoms with Crippen molar-refractivity contribution in [3.63, 3.8) is 0 Å². The first kappa shape index (κ1) is 13.5. The summed E-state index contributed by atoms with van der Waals surface area (Å²) in [6.45, 7) is 1.73. The summed E-state index contributed by atoms with van der Waals surface area (Å²) in [4.78, 5) is 25.7. The van der Waals surface area contributed by atoms with Gasteiger partial charge in [0.2, 0.25) is 0 Å². The van der Waals surface area contributed by atoms with Crippen molar-refractivity contribution in [1.82, 2.24) is 4.98 Å². The third-order valence-electron chi connectivity index (χ3n) is 2.63. The van der Waals surface area contributed by atoms with E-state index in [0.29, 0.717) is 17.1 Å². The van der Waals surface area contributed by atoms with Gasteiger partial charge < -0.3 is 15.6 Å². The van der Waals surface area contributed by atoms with Crippen molar-refractivity contribution < 1.29 is 19.4 Å². The smallest absolute Gasteiger partial charge is 0.335 e. The number of carboxylic acids is 1. The highest BCUT2D eigenvalue weighted by Gasteiger charge is 2.09. The third kappa shape index (κ3) is 2.92. The van der Waals surface area contributed by atoms with E-state index in [9.17, 15) is 9.59 Å². The number of aromatic carboxylic acids is 1. The fourth-order valence-corrected chi connectivity index (χ4v) is 1.63. The fraction of sp³-hybridized carbons (Fsp3) is 0.0714. The van der Waals surface area contributed by atoms with Gasteiger partial charge in [-0.2, -0.15) is 0 Å². The summed E-state index contributed by atoms with van der Waals surface area (Å²) in [6, 6.07) is 7.52. The maximum absolute atomic E-state index is 11.0. The molecule has 0 radical (unpaired) electrons. The van der Waals surface area contributed by atoms with Crippen LogP contribution in [0.2, 0.25) is 0 Å². The number of benzene rings is 1. The Balaban J connectivity index is 2.28. The predicted octanol–water partition coefficient (Wildman–Crippen LogP) is 1.98. The van der Waals surface area contributed by atoms with Crippen LogP contribution in [0.5, 0.6) is 11.5 Å².